The summed E-state index contributed by atoms with van der Waals surface area (Å²) < 4.78 is 11.2. The van der Waals surface area contributed by atoms with Crippen LogP contribution in [-0.4, -0.2) is 60.7 Å². The van der Waals surface area contributed by atoms with E-state index in [4.69, 9.17) is 9.47 Å². The van der Waals surface area contributed by atoms with E-state index >= 15 is 0 Å². The van der Waals surface area contributed by atoms with Gasteiger partial charge in [0, 0.05) is 51.8 Å². The summed E-state index contributed by atoms with van der Waals surface area (Å²) >= 11 is 0. The van der Waals surface area contributed by atoms with E-state index in [1.165, 1.54) is 17.2 Å². The molecule has 7 nitrogen and oxygen atoms in total. The van der Waals surface area contributed by atoms with Gasteiger partial charge >= 0.3 is 5.69 Å². The Bertz CT molecular complexity index is 834. The third kappa shape index (κ3) is 4.43. The second kappa shape index (κ2) is 8.58. The van der Waals surface area contributed by atoms with Crippen LogP contribution in [0, 0.1) is 10.1 Å². The molecular weight excluding hydrogens is 358 g/mol. The van der Waals surface area contributed by atoms with Crippen LogP contribution in [0.15, 0.2) is 42.5 Å². The van der Waals surface area contributed by atoms with Crippen molar-refractivity contribution in [1.82, 2.24) is 9.80 Å². The molecule has 0 radical (unpaired) electrons. The Morgan fingerprint density at radius 3 is 2.68 bits per heavy atom. The maximum atomic E-state index is 11.0. The average molecular weight is 383 g/mol. The van der Waals surface area contributed by atoms with Gasteiger partial charge < -0.3 is 9.47 Å². The molecule has 0 amide bonds. The molecule has 148 valence electrons. The third-order valence-electron chi connectivity index (χ3n) is 5.35. The monoisotopic (exact) mass is 383 g/mol. The number of nitrogens with zero attached hydrogens (tertiary/aromatic N) is 3. The lowest BCUT2D eigenvalue weighted by molar-refractivity contribution is -0.385. The highest BCUT2D eigenvalue weighted by Gasteiger charge is 2.19. The lowest BCUT2D eigenvalue weighted by atomic mass is 10.1. The van der Waals surface area contributed by atoms with Crippen LogP contribution in [0.25, 0.3) is 0 Å². The van der Waals surface area contributed by atoms with Crippen LogP contribution in [0.2, 0.25) is 0 Å². The number of fused-ring (bicyclic) bond motifs is 1. The number of piperazine rings is 1. The third-order valence-corrected chi connectivity index (χ3v) is 5.35. The molecule has 0 unspecified atom stereocenters. The van der Waals surface area contributed by atoms with Gasteiger partial charge in [0.2, 0.25) is 0 Å². The van der Waals surface area contributed by atoms with Crippen LogP contribution in [0.1, 0.15) is 11.1 Å². The molecule has 0 aromatic heterocycles. The maximum absolute atomic E-state index is 11.0. The van der Waals surface area contributed by atoms with E-state index in [0.717, 1.165) is 58.0 Å². The Morgan fingerprint density at radius 1 is 1.07 bits per heavy atom. The molecule has 2 aliphatic rings. The van der Waals surface area contributed by atoms with Crippen molar-refractivity contribution < 1.29 is 14.4 Å². The largest absolute Gasteiger partial charge is 0.493 e. The Balaban J connectivity index is 1.21. The molecule has 0 aliphatic carbocycles. The fraction of sp³-hybridized carbons (Fsp3) is 0.429. The van der Waals surface area contributed by atoms with Gasteiger partial charge in [-0.05, 0) is 23.3 Å². The van der Waals surface area contributed by atoms with Crippen LogP contribution < -0.4 is 9.47 Å². The smallest absolute Gasteiger partial charge is 0.310 e. The van der Waals surface area contributed by atoms with Gasteiger partial charge in [-0.1, -0.05) is 24.3 Å². The molecule has 2 aromatic rings. The first-order valence-corrected chi connectivity index (χ1v) is 9.74. The number of hydrogen-bond donors (Lipinski definition) is 0. The van der Waals surface area contributed by atoms with Gasteiger partial charge in [-0.15, -0.1) is 0 Å². The van der Waals surface area contributed by atoms with Crippen molar-refractivity contribution in [1.29, 1.82) is 0 Å². The Morgan fingerprint density at radius 2 is 1.86 bits per heavy atom. The highest BCUT2D eigenvalue weighted by Crippen LogP contribution is 2.27. The van der Waals surface area contributed by atoms with Crippen molar-refractivity contribution in [2.75, 3.05) is 45.9 Å². The Kier molecular flexibility index (Phi) is 5.73. The maximum Gasteiger partial charge on any atom is 0.310 e. The van der Waals surface area contributed by atoms with Crippen LogP contribution in [-0.2, 0) is 13.0 Å². The number of ether oxygens (including phenoxy) is 2. The fourth-order valence-electron chi connectivity index (χ4n) is 3.78. The molecule has 2 aromatic carbocycles. The Labute approximate surface area is 164 Å². The van der Waals surface area contributed by atoms with Crippen molar-refractivity contribution in [3.8, 4) is 11.5 Å². The summed E-state index contributed by atoms with van der Waals surface area (Å²) in [6, 6.07) is 13.1. The second-order valence-corrected chi connectivity index (χ2v) is 7.23. The van der Waals surface area contributed by atoms with Gasteiger partial charge in [-0.25, -0.2) is 0 Å². The first-order chi connectivity index (χ1) is 13.7. The summed E-state index contributed by atoms with van der Waals surface area (Å²) in [5, 5.41) is 11.0. The summed E-state index contributed by atoms with van der Waals surface area (Å²) in [6.07, 6.45) is 1.01. The van der Waals surface area contributed by atoms with Crippen LogP contribution in [0.4, 0.5) is 5.69 Å². The molecule has 0 bridgehead atoms. The van der Waals surface area contributed by atoms with Gasteiger partial charge in [-0.2, -0.15) is 0 Å². The van der Waals surface area contributed by atoms with Crippen molar-refractivity contribution in [3.63, 3.8) is 0 Å². The topological polar surface area (TPSA) is 68.1 Å². The lowest BCUT2D eigenvalue weighted by Gasteiger charge is -2.34. The minimum Gasteiger partial charge on any atom is -0.493 e. The number of hydrogen-bond acceptors (Lipinski definition) is 6. The van der Waals surface area contributed by atoms with E-state index in [0.29, 0.717) is 12.4 Å². The molecule has 0 saturated carbocycles. The fourth-order valence-corrected chi connectivity index (χ4v) is 3.78. The van der Waals surface area contributed by atoms with E-state index in [2.05, 4.69) is 28.0 Å². The predicted molar refractivity (Wildman–Crippen MR) is 106 cm³/mol. The van der Waals surface area contributed by atoms with E-state index in [9.17, 15) is 10.1 Å². The van der Waals surface area contributed by atoms with Gasteiger partial charge in [0.1, 0.15) is 12.4 Å². The zero-order valence-corrected chi connectivity index (χ0v) is 15.9. The summed E-state index contributed by atoms with van der Waals surface area (Å²) in [5.41, 5.74) is 2.69. The van der Waals surface area contributed by atoms with Crippen molar-refractivity contribution in [2.45, 2.75) is 13.0 Å². The second-order valence-electron chi connectivity index (χ2n) is 7.23. The number of nitro groups is 1. The van der Waals surface area contributed by atoms with Crippen molar-refractivity contribution in [2.24, 2.45) is 0 Å². The molecule has 0 spiro atoms. The molecule has 0 atom stereocenters. The zero-order valence-electron chi connectivity index (χ0n) is 15.9. The van der Waals surface area contributed by atoms with Crippen molar-refractivity contribution in [3.05, 3.63) is 63.7 Å². The number of nitro benzene ring substituents is 1. The summed E-state index contributed by atoms with van der Waals surface area (Å²) in [7, 11) is 0. The van der Waals surface area contributed by atoms with Crippen LogP contribution >= 0.6 is 0 Å². The minimum atomic E-state index is -0.404. The first kappa shape index (κ1) is 18.7. The van der Waals surface area contributed by atoms with Crippen molar-refractivity contribution >= 4 is 5.69 Å². The first-order valence-electron chi connectivity index (χ1n) is 9.74. The molecule has 4 rings (SSSR count). The minimum absolute atomic E-state index is 0.0204. The number of para-hydroxylation sites is 2. The predicted octanol–water partition coefficient (Wildman–Crippen LogP) is 2.73. The molecule has 28 heavy (non-hydrogen) atoms. The molecule has 1 fully saturated rings. The van der Waals surface area contributed by atoms with Crippen LogP contribution in [0.3, 0.4) is 0 Å². The molecular formula is C21H25N3O4. The summed E-state index contributed by atoms with van der Waals surface area (Å²) in [6.45, 7) is 6.98. The summed E-state index contributed by atoms with van der Waals surface area (Å²) in [4.78, 5) is 15.5. The van der Waals surface area contributed by atoms with Gasteiger partial charge in [-0.3, -0.25) is 19.9 Å². The zero-order chi connectivity index (χ0) is 19.3. The van der Waals surface area contributed by atoms with E-state index in [1.807, 2.05) is 0 Å². The molecule has 2 aliphatic heterocycles. The van der Waals surface area contributed by atoms with E-state index < -0.39 is 4.92 Å². The Hall–Kier alpha value is -2.64. The van der Waals surface area contributed by atoms with Gasteiger partial charge in [0.15, 0.2) is 5.75 Å². The molecule has 2 heterocycles. The van der Waals surface area contributed by atoms with Crippen LogP contribution in [0.5, 0.6) is 11.5 Å². The van der Waals surface area contributed by atoms with E-state index in [-0.39, 0.29) is 5.69 Å². The van der Waals surface area contributed by atoms with Gasteiger partial charge in [0.05, 0.1) is 11.5 Å². The number of rotatable bonds is 7. The molecule has 1 saturated heterocycles. The van der Waals surface area contributed by atoms with E-state index in [1.54, 1.807) is 18.2 Å². The average Bonchev–Trinajstić information content (AvgIpc) is 3.17. The highest BCUT2D eigenvalue weighted by atomic mass is 16.6. The normalized spacial score (nSPS) is 17.1. The lowest BCUT2D eigenvalue weighted by Crippen LogP contribution is -2.47. The quantitative estimate of drug-likeness (QED) is 0.541. The van der Waals surface area contributed by atoms with Gasteiger partial charge in [0.25, 0.3) is 0 Å². The highest BCUT2D eigenvalue weighted by molar-refractivity contribution is 5.45. The number of benzene rings is 2. The molecule has 0 N–H and O–H groups in total. The summed E-state index contributed by atoms with van der Waals surface area (Å²) in [5.74, 6) is 1.37. The SMILES string of the molecule is O=[N+]([O-])c1ccccc1OCCN1CCN(Cc2ccc3c(c2)CCO3)CC1. The molecule has 7 heteroatoms. The standard InChI is InChI=1S/C21H25N3O4/c25-24(26)19-3-1-2-4-21(19)28-14-12-22-8-10-23(11-9-22)16-17-5-6-20-18(15-17)7-13-27-20/h1-6,15H,7-14,16H2.